The van der Waals surface area contributed by atoms with E-state index in [9.17, 15) is 4.79 Å². The number of hydrogen-bond donors (Lipinski definition) is 0. The Hall–Kier alpha value is -1.97. The first-order chi connectivity index (χ1) is 12.7. The standard InChI is InChI=1S/C23H29NO2/c1-19(25)18-26-23-14-12-22(13-15-23)24(16-20-8-4-2-5-9-20)17-21-10-6-3-7-11-21/h2-11,22-23H,12-18H2,1H3/t22-,23-. The van der Waals surface area contributed by atoms with Gasteiger partial charge < -0.3 is 4.74 Å². The first-order valence-electron chi connectivity index (χ1n) is 9.63. The van der Waals surface area contributed by atoms with Crippen LogP contribution in [0.25, 0.3) is 0 Å². The molecule has 138 valence electrons. The lowest BCUT2D eigenvalue weighted by molar-refractivity contribution is -0.124. The number of nitrogens with zero attached hydrogens (tertiary/aromatic N) is 1. The number of rotatable bonds is 8. The maximum atomic E-state index is 11.1. The van der Waals surface area contributed by atoms with E-state index in [2.05, 4.69) is 65.6 Å². The van der Waals surface area contributed by atoms with Gasteiger partial charge in [-0.15, -0.1) is 0 Å². The summed E-state index contributed by atoms with van der Waals surface area (Å²) < 4.78 is 5.74. The minimum absolute atomic E-state index is 0.113. The molecule has 0 saturated heterocycles. The Bertz CT molecular complexity index is 622. The highest BCUT2D eigenvalue weighted by molar-refractivity contribution is 5.76. The second-order valence-electron chi connectivity index (χ2n) is 7.32. The van der Waals surface area contributed by atoms with Gasteiger partial charge in [0.1, 0.15) is 6.61 Å². The van der Waals surface area contributed by atoms with Gasteiger partial charge in [0, 0.05) is 19.1 Å². The van der Waals surface area contributed by atoms with Crippen molar-refractivity contribution < 1.29 is 9.53 Å². The van der Waals surface area contributed by atoms with E-state index in [1.54, 1.807) is 6.92 Å². The summed E-state index contributed by atoms with van der Waals surface area (Å²) >= 11 is 0. The molecule has 2 aromatic rings. The Morgan fingerprint density at radius 3 is 1.85 bits per heavy atom. The summed E-state index contributed by atoms with van der Waals surface area (Å²) in [5.74, 6) is 0.113. The summed E-state index contributed by atoms with van der Waals surface area (Å²) in [6, 6.07) is 22.0. The van der Waals surface area contributed by atoms with Gasteiger partial charge in [-0.1, -0.05) is 60.7 Å². The number of benzene rings is 2. The number of hydrogen-bond acceptors (Lipinski definition) is 3. The molecule has 1 aliphatic carbocycles. The largest absolute Gasteiger partial charge is 0.370 e. The summed E-state index contributed by atoms with van der Waals surface area (Å²) in [5, 5.41) is 0. The number of Topliss-reactive ketones (excluding diaryl/α,β-unsaturated/α-hetero) is 1. The highest BCUT2D eigenvalue weighted by Crippen LogP contribution is 2.27. The van der Waals surface area contributed by atoms with E-state index in [1.807, 2.05) is 0 Å². The molecule has 1 aliphatic rings. The molecule has 0 radical (unpaired) electrons. The Kier molecular flexibility index (Phi) is 6.98. The van der Waals surface area contributed by atoms with E-state index in [-0.39, 0.29) is 18.5 Å². The molecule has 2 aromatic carbocycles. The van der Waals surface area contributed by atoms with Crippen molar-refractivity contribution in [1.82, 2.24) is 4.90 Å². The van der Waals surface area contributed by atoms with Gasteiger partial charge in [0.25, 0.3) is 0 Å². The monoisotopic (exact) mass is 351 g/mol. The number of ether oxygens (including phenoxy) is 1. The quantitative estimate of drug-likeness (QED) is 0.696. The van der Waals surface area contributed by atoms with Crippen LogP contribution in [0.5, 0.6) is 0 Å². The fraction of sp³-hybridized carbons (Fsp3) is 0.435. The summed E-state index contributed by atoms with van der Waals surface area (Å²) in [5.41, 5.74) is 2.72. The maximum absolute atomic E-state index is 11.1. The van der Waals surface area contributed by atoms with Crippen LogP contribution in [0.15, 0.2) is 60.7 Å². The number of ketones is 1. The van der Waals surface area contributed by atoms with Gasteiger partial charge in [-0.25, -0.2) is 0 Å². The van der Waals surface area contributed by atoms with Gasteiger partial charge >= 0.3 is 0 Å². The summed E-state index contributed by atoms with van der Waals surface area (Å²) in [6.45, 7) is 3.79. The molecular formula is C23H29NO2. The average molecular weight is 351 g/mol. The second kappa shape index (κ2) is 9.65. The summed E-state index contributed by atoms with van der Waals surface area (Å²) in [7, 11) is 0. The first kappa shape index (κ1) is 18.8. The Morgan fingerprint density at radius 2 is 1.38 bits per heavy atom. The van der Waals surface area contributed by atoms with E-state index in [4.69, 9.17) is 4.74 Å². The van der Waals surface area contributed by atoms with Crippen LogP contribution in [0.1, 0.15) is 43.7 Å². The van der Waals surface area contributed by atoms with Crippen molar-refractivity contribution >= 4 is 5.78 Å². The molecule has 0 unspecified atom stereocenters. The fourth-order valence-corrected chi connectivity index (χ4v) is 3.76. The van der Waals surface area contributed by atoms with Crippen molar-refractivity contribution in [2.75, 3.05) is 6.61 Å². The summed E-state index contributed by atoms with van der Waals surface area (Å²) in [6.07, 6.45) is 4.58. The van der Waals surface area contributed by atoms with Crippen LogP contribution in [-0.2, 0) is 22.6 Å². The van der Waals surface area contributed by atoms with E-state index >= 15 is 0 Å². The molecule has 3 rings (SSSR count). The van der Waals surface area contributed by atoms with Gasteiger partial charge in [-0.2, -0.15) is 0 Å². The van der Waals surface area contributed by atoms with E-state index in [1.165, 1.54) is 11.1 Å². The van der Waals surface area contributed by atoms with Crippen LogP contribution in [0, 0.1) is 0 Å². The molecule has 0 N–H and O–H groups in total. The minimum atomic E-state index is 0.113. The van der Waals surface area contributed by atoms with Gasteiger partial charge in [-0.3, -0.25) is 9.69 Å². The molecule has 0 aliphatic heterocycles. The Balaban J connectivity index is 1.63. The molecule has 0 heterocycles. The molecule has 0 amide bonds. The van der Waals surface area contributed by atoms with Crippen LogP contribution in [0.3, 0.4) is 0 Å². The lowest BCUT2D eigenvalue weighted by atomic mass is 9.91. The third-order valence-corrected chi connectivity index (χ3v) is 5.14. The maximum Gasteiger partial charge on any atom is 0.155 e. The molecule has 0 spiro atoms. The molecular weight excluding hydrogens is 322 g/mol. The normalized spacial score (nSPS) is 20.2. The highest BCUT2D eigenvalue weighted by Gasteiger charge is 2.26. The second-order valence-corrected chi connectivity index (χ2v) is 7.32. The van der Waals surface area contributed by atoms with Crippen molar-refractivity contribution in [3.63, 3.8) is 0 Å². The predicted octanol–water partition coefficient (Wildman–Crippen LogP) is 4.61. The highest BCUT2D eigenvalue weighted by atomic mass is 16.5. The molecule has 26 heavy (non-hydrogen) atoms. The molecule has 3 heteroatoms. The van der Waals surface area contributed by atoms with Crippen molar-refractivity contribution in [1.29, 1.82) is 0 Å². The lowest BCUT2D eigenvalue weighted by Gasteiger charge is -2.37. The predicted molar refractivity (Wildman–Crippen MR) is 105 cm³/mol. The Morgan fingerprint density at radius 1 is 0.885 bits per heavy atom. The third kappa shape index (κ3) is 5.79. The zero-order chi connectivity index (χ0) is 18.2. The van der Waals surface area contributed by atoms with Crippen LogP contribution >= 0.6 is 0 Å². The molecule has 0 aromatic heterocycles. The zero-order valence-electron chi connectivity index (χ0n) is 15.6. The van der Waals surface area contributed by atoms with E-state index in [0.29, 0.717) is 6.04 Å². The van der Waals surface area contributed by atoms with Gasteiger partial charge in [-0.05, 0) is 43.7 Å². The van der Waals surface area contributed by atoms with E-state index in [0.717, 1.165) is 38.8 Å². The molecule has 3 nitrogen and oxygen atoms in total. The van der Waals surface area contributed by atoms with Gasteiger partial charge in [0.15, 0.2) is 5.78 Å². The van der Waals surface area contributed by atoms with Crippen LogP contribution in [0.4, 0.5) is 0 Å². The SMILES string of the molecule is CC(=O)CO[C@H]1CC[C@H](N(Cc2ccccc2)Cc2ccccc2)CC1. The smallest absolute Gasteiger partial charge is 0.155 e. The van der Waals surface area contributed by atoms with Crippen LogP contribution in [-0.4, -0.2) is 29.4 Å². The zero-order valence-corrected chi connectivity index (χ0v) is 15.6. The van der Waals surface area contributed by atoms with Crippen molar-refractivity contribution in [2.24, 2.45) is 0 Å². The van der Waals surface area contributed by atoms with Crippen molar-refractivity contribution in [3.05, 3.63) is 71.8 Å². The average Bonchev–Trinajstić information content (AvgIpc) is 2.68. The third-order valence-electron chi connectivity index (χ3n) is 5.14. The molecule has 0 atom stereocenters. The number of carbonyl (C=O) groups is 1. The van der Waals surface area contributed by atoms with Crippen LogP contribution < -0.4 is 0 Å². The van der Waals surface area contributed by atoms with Crippen molar-refractivity contribution in [2.45, 2.75) is 57.8 Å². The summed E-state index contributed by atoms with van der Waals surface area (Å²) in [4.78, 5) is 13.7. The lowest BCUT2D eigenvalue weighted by Crippen LogP contribution is -2.39. The first-order valence-corrected chi connectivity index (χ1v) is 9.63. The van der Waals surface area contributed by atoms with Crippen LogP contribution in [0.2, 0.25) is 0 Å². The molecule has 1 saturated carbocycles. The molecule has 1 fully saturated rings. The van der Waals surface area contributed by atoms with E-state index < -0.39 is 0 Å². The molecule has 0 bridgehead atoms. The minimum Gasteiger partial charge on any atom is -0.370 e. The Labute approximate surface area is 157 Å². The topological polar surface area (TPSA) is 29.5 Å². The number of carbonyl (C=O) groups excluding carboxylic acids is 1. The van der Waals surface area contributed by atoms with Crippen molar-refractivity contribution in [3.8, 4) is 0 Å². The fourth-order valence-electron chi connectivity index (χ4n) is 3.76. The van der Waals surface area contributed by atoms with Gasteiger partial charge in [0.05, 0.1) is 6.10 Å². The van der Waals surface area contributed by atoms with Gasteiger partial charge in [0.2, 0.25) is 0 Å².